The third kappa shape index (κ3) is 3.38. The van der Waals surface area contributed by atoms with Crippen LogP contribution in [0.2, 0.25) is 10.2 Å². The number of aromatic nitrogens is 1. The molecule has 0 bridgehead atoms. The number of rotatable bonds is 4. The first-order valence-electron chi connectivity index (χ1n) is 4.82. The van der Waals surface area contributed by atoms with E-state index < -0.39 is 5.97 Å². The SMILES string of the molecule is O=C(O)c1cc(SCc2nc(Cl)ccc2Cl)cs1. The first-order valence-corrected chi connectivity index (χ1v) is 7.44. The zero-order valence-electron chi connectivity index (χ0n) is 8.89. The second-order valence-corrected chi connectivity index (χ2v) is 6.06. The number of hydrogen-bond donors (Lipinski definition) is 1. The van der Waals surface area contributed by atoms with Crippen molar-refractivity contribution in [2.45, 2.75) is 10.6 Å². The topological polar surface area (TPSA) is 50.2 Å². The maximum Gasteiger partial charge on any atom is 0.345 e. The number of carbonyl (C=O) groups is 1. The van der Waals surface area contributed by atoms with Gasteiger partial charge in [0, 0.05) is 16.0 Å². The van der Waals surface area contributed by atoms with Crippen molar-refractivity contribution >= 4 is 52.3 Å². The predicted octanol–water partition coefficient (Wildman–Crippen LogP) is 4.44. The first-order chi connectivity index (χ1) is 8.56. The zero-order valence-corrected chi connectivity index (χ0v) is 12.0. The van der Waals surface area contributed by atoms with Crippen LogP contribution in [-0.2, 0) is 5.75 Å². The van der Waals surface area contributed by atoms with Crippen LogP contribution < -0.4 is 0 Å². The Morgan fingerprint density at radius 3 is 2.89 bits per heavy atom. The Morgan fingerprint density at radius 2 is 2.22 bits per heavy atom. The number of aromatic carboxylic acids is 1. The van der Waals surface area contributed by atoms with Gasteiger partial charge in [-0.15, -0.1) is 23.1 Å². The van der Waals surface area contributed by atoms with Gasteiger partial charge in [-0.05, 0) is 18.2 Å². The Bertz CT molecular complexity index is 586. The van der Waals surface area contributed by atoms with Gasteiger partial charge in [0.05, 0.1) is 10.7 Å². The Kier molecular flexibility index (Phi) is 4.50. The van der Waals surface area contributed by atoms with E-state index in [1.807, 2.05) is 0 Å². The molecule has 0 aromatic carbocycles. The molecule has 0 amide bonds. The third-order valence-electron chi connectivity index (χ3n) is 2.05. The van der Waals surface area contributed by atoms with E-state index in [-0.39, 0.29) is 0 Å². The van der Waals surface area contributed by atoms with Crippen LogP contribution in [0.25, 0.3) is 0 Å². The number of thiophene rings is 1. The molecular weight excluding hydrogens is 313 g/mol. The molecule has 3 nitrogen and oxygen atoms in total. The lowest BCUT2D eigenvalue weighted by molar-refractivity contribution is 0.0702. The summed E-state index contributed by atoms with van der Waals surface area (Å²) in [7, 11) is 0. The first kappa shape index (κ1) is 13.7. The molecule has 0 saturated carbocycles. The van der Waals surface area contributed by atoms with Crippen molar-refractivity contribution in [3.63, 3.8) is 0 Å². The van der Waals surface area contributed by atoms with E-state index in [0.29, 0.717) is 26.5 Å². The summed E-state index contributed by atoms with van der Waals surface area (Å²) in [6.45, 7) is 0. The van der Waals surface area contributed by atoms with E-state index in [1.165, 1.54) is 23.1 Å². The Labute approximate surface area is 122 Å². The summed E-state index contributed by atoms with van der Waals surface area (Å²) in [5.41, 5.74) is 0.692. The van der Waals surface area contributed by atoms with Crippen LogP contribution in [0.1, 0.15) is 15.4 Å². The van der Waals surface area contributed by atoms with Crippen LogP contribution in [0, 0.1) is 0 Å². The standard InChI is InChI=1S/C11H7Cl2NO2S2/c12-7-1-2-10(13)14-8(7)5-17-6-3-9(11(15)16)18-4-6/h1-4H,5H2,(H,15,16). The van der Waals surface area contributed by atoms with Gasteiger partial charge in [0.1, 0.15) is 10.0 Å². The van der Waals surface area contributed by atoms with E-state index in [1.54, 1.807) is 23.6 Å². The van der Waals surface area contributed by atoms with E-state index in [2.05, 4.69) is 4.98 Å². The average molecular weight is 320 g/mol. The minimum atomic E-state index is -0.911. The molecule has 0 atom stereocenters. The van der Waals surface area contributed by atoms with Crippen LogP contribution in [0.5, 0.6) is 0 Å². The van der Waals surface area contributed by atoms with Gasteiger partial charge < -0.3 is 5.11 Å². The number of pyridine rings is 1. The van der Waals surface area contributed by atoms with Gasteiger partial charge in [0.15, 0.2) is 0 Å². The van der Waals surface area contributed by atoms with Crippen molar-refractivity contribution < 1.29 is 9.90 Å². The lowest BCUT2D eigenvalue weighted by atomic mass is 10.4. The molecule has 0 spiro atoms. The fourth-order valence-electron chi connectivity index (χ4n) is 1.22. The second kappa shape index (κ2) is 5.93. The minimum Gasteiger partial charge on any atom is -0.477 e. The summed E-state index contributed by atoms with van der Waals surface area (Å²) < 4.78 is 0. The highest BCUT2D eigenvalue weighted by Crippen LogP contribution is 2.29. The molecule has 0 aliphatic carbocycles. The smallest absolute Gasteiger partial charge is 0.345 e. The molecule has 0 unspecified atom stereocenters. The molecule has 0 saturated heterocycles. The Hall–Kier alpha value is -0.750. The maximum absolute atomic E-state index is 10.7. The quantitative estimate of drug-likeness (QED) is 0.668. The third-order valence-corrected chi connectivity index (χ3v) is 4.66. The van der Waals surface area contributed by atoms with E-state index >= 15 is 0 Å². The van der Waals surface area contributed by atoms with Crippen LogP contribution in [-0.4, -0.2) is 16.1 Å². The van der Waals surface area contributed by atoms with Gasteiger partial charge in [-0.2, -0.15) is 0 Å². The fraction of sp³-hybridized carbons (Fsp3) is 0.0909. The summed E-state index contributed by atoms with van der Waals surface area (Å²) in [4.78, 5) is 16.1. The summed E-state index contributed by atoms with van der Waals surface area (Å²) in [5.74, 6) is -0.361. The Balaban J connectivity index is 2.06. The number of carboxylic acid groups (broad SMARTS) is 1. The van der Waals surface area contributed by atoms with Crippen LogP contribution in [0.4, 0.5) is 0 Å². The van der Waals surface area contributed by atoms with Crippen molar-refractivity contribution in [2.24, 2.45) is 0 Å². The van der Waals surface area contributed by atoms with Crippen molar-refractivity contribution in [3.8, 4) is 0 Å². The Morgan fingerprint density at radius 1 is 1.44 bits per heavy atom. The molecule has 0 fully saturated rings. The molecule has 0 aliphatic heterocycles. The molecule has 2 aromatic rings. The van der Waals surface area contributed by atoms with Crippen LogP contribution in [0.3, 0.4) is 0 Å². The molecule has 2 aromatic heterocycles. The molecule has 94 valence electrons. The largest absolute Gasteiger partial charge is 0.477 e. The van der Waals surface area contributed by atoms with Gasteiger partial charge in [-0.1, -0.05) is 23.2 Å². The second-order valence-electron chi connectivity index (χ2n) is 3.30. The number of halogens is 2. The fourth-order valence-corrected chi connectivity index (χ4v) is 3.46. The summed E-state index contributed by atoms with van der Waals surface area (Å²) in [6, 6.07) is 4.96. The highest BCUT2D eigenvalue weighted by Gasteiger charge is 2.09. The van der Waals surface area contributed by atoms with Gasteiger partial charge >= 0.3 is 5.97 Å². The predicted molar refractivity (Wildman–Crippen MR) is 75.1 cm³/mol. The number of hydrogen-bond acceptors (Lipinski definition) is 4. The normalized spacial score (nSPS) is 10.6. The maximum atomic E-state index is 10.7. The van der Waals surface area contributed by atoms with E-state index in [0.717, 1.165) is 4.90 Å². The van der Waals surface area contributed by atoms with Gasteiger partial charge in [0.2, 0.25) is 0 Å². The van der Waals surface area contributed by atoms with Crippen molar-refractivity contribution in [1.82, 2.24) is 4.98 Å². The molecule has 2 heterocycles. The monoisotopic (exact) mass is 319 g/mol. The van der Waals surface area contributed by atoms with Crippen molar-refractivity contribution in [3.05, 3.63) is 44.3 Å². The highest BCUT2D eigenvalue weighted by molar-refractivity contribution is 7.98. The number of thioether (sulfide) groups is 1. The van der Waals surface area contributed by atoms with Gasteiger partial charge in [-0.25, -0.2) is 9.78 Å². The van der Waals surface area contributed by atoms with Crippen LogP contribution >= 0.6 is 46.3 Å². The zero-order chi connectivity index (χ0) is 13.1. The lowest BCUT2D eigenvalue weighted by Crippen LogP contribution is -1.90. The number of nitrogens with zero attached hydrogens (tertiary/aromatic N) is 1. The van der Waals surface area contributed by atoms with E-state index in [9.17, 15) is 4.79 Å². The summed E-state index contributed by atoms with van der Waals surface area (Å²) in [6.07, 6.45) is 0. The van der Waals surface area contributed by atoms with Gasteiger partial charge in [0.25, 0.3) is 0 Å². The highest BCUT2D eigenvalue weighted by atomic mass is 35.5. The van der Waals surface area contributed by atoms with Crippen molar-refractivity contribution in [2.75, 3.05) is 0 Å². The molecule has 18 heavy (non-hydrogen) atoms. The molecule has 0 aliphatic rings. The number of carboxylic acids is 1. The molecule has 1 N–H and O–H groups in total. The lowest BCUT2D eigenvalue weighted by Gasteiger charge is -2.02. The molecule has 2 rings (SSSR count). The van der Waals surface area contributed by atoms with Crippen LogP contribution in [0.15, 0.2) is 28.5 Å². The molecular formula is C11H7Cl2NO2S2. The summed E-state index contributed by atoms with van der Waals surface area (Å²) >= 11 is 14.5. The van der Waals surface area contributed by atoms with E-state index in [4.69, 9.17) is 28.3 Å². The molecule has 7 heteroatoms. The summed E-state index contributed by atoms with van der Waals surface area (Å²) in [5, 5.41) is 11.6. The average Bonchev–Trinajstić information content (AvgIpc) is 2.79. The van der Waals surface area contributed by atoms with Gasteiger partial charge in [-0.3, -0.25) is 0 Å². The molecule has 0 radical (unpaired) electrons. The van der Waals surface area contributed by atoms with Crippen molar-refractivity contribution in [1.29, 1.82) is 0 Å². The minimum absolute atomic E-state index is 0.322.